The Hall–Kier alpha value is -1.89. The van der Waals surface area contributed by atoms with E-state index in [9.17, 15) is 4.79 Å². The number of rotatable bonds is 9. The summed E-state index contributed by atoms with van der Waals surface area (Å²) in [6.07, 6.45) is 5.77. The van der Waals surface area contributed by atoms with Crippen LogP contribution in [0.4, 0.5) is 0 Å². The average molecular weight is 459 g/mol. The fourth-order valence-corrected chi connectivity index (χ4v) is 5.75. The lowest BCUT2D eigenvalue weighted by atomic mass is 9.65. The minimum atomic E-state index is -0.374. The molecule has 0 aromatic heterocycles. The lowest BCUT2D eigenvalue weighted by Crippen LogP contribution is -2.58. The fraction of sp³-hybridized carbons (Fsp3) is 0.667. The van der Waals surface area contributed by atoms with E-state index in [1.54, 1.807) is 20.3 Å². The second-order valence-corrected chi connectivity index (χ2v) is 10.5. The molecule has 2 saturated heterocycles. The van der Waals surface area contributed by atoms with Crippen molar-refractivity contribution in [1.29, 1.82) is 0 Å². The molecule has 0 N–H and O–H groups in total. The first-order chi connectivity index (χ1) is 15.7. The van der Waals surface area contributed by atoms with Crippen LogP contribution >= 0.6 is 0 Å². The molecule has 1 aliphatic carbocycles. The molecule has 3 aliphatic rings. The van der Waals surface area contributed by atoms with Gasteiger partial charge in [-0.3, -0.25) is 0 Å². The van der Waals surface area contributed by atoms with Gasteiger partial charge in [0.05, 0.1) is 25.7 Å². The van der Waals surface area contributed by atoms with Gasteiger partial charge in [-0.1, -0.05) is 32.9 Å². The molecule has 2 heterocycles. The molecule has 4 rings (SSSR count). The van der Waals surface area contributed by atoms with Crippen molar-refractivity contribution in [2.75, 3.05) is 20.8 Å². The summed E-state index contributed by atoms with van der Waals surface area (Å²) in [7, 11) is 3.32. The number of carbonyl (C=O) groups is 1. The molecule has 182 valence electrons. The number of hydrogen-bond donors (Lipinski definition) is 0. The molecule has 6 heteroatoms. The summed E-state index contributed by atoms with van der Waals surface area (Å²) in [4.78, 5) is 12.8. The molecule has 1 aromatic rings. The monoisotopic (exact) mass is 458 g/mol. The number of esters is 1. The molecule has 1 saturated carbocycles. The van der Waals surface area contributed by atoms with Gasteiger partial charge in [0, 0.05) is 13.2 Å². The summed E-state index contributed by atoms with van der Waals surface area (Å²) in [6.45, 7) is 9.48. The third-order valence-electron chi connectivity index (χ3n) is 7.59. The first-order valence-electron chi connectivity index (χ1n) is 12.1. The number of methoxy groups -OCH3 is 2. The lowest BCUT2D eigenvalue weighted by molar-refractivity contribution is -0.176. The van der Waals surface area contributed by atoms with Crippen LogP contribution in [-0.2, 0) is 23.7 Å². The minimum Gasteiger partial charge on any atom is -0.497 e. The highest BCUT2D eigenvalue weighted by atomic mass is 16.6. The van der Waals surface area contributed by atoms with Crippen molar-refractivity contribution in [3.05, 3.63) is 35.9 Å². The van der Waals surface area contributed by atoms with Crippen LogP contribution in [-0.4, -0.2) is 56.3 Å². The first kappa shape index (κ1) is 24.2. The highest BCUT2D eigenvalue weighted by Gasteiger charge is 2.73. The highest BCUT2D eigenvalue weighted by Crippen LogP contribution is 2.60. The Balaban J connectivity index is 1.47. The summed E-state index contributed by atoms with van der Waals surface area (Å²) < 4.78 is 29.6. The summed E-state index contributed by atoms with van der Waals surface area (Å²) >= 11 is 0. The quantitative estimate of drug-likeness (QED) is 0.305. The van der Waals surface area contributed by atoms with Crippen molar-refractivity contribution in [1.82, 2.24) is 0 Å². The van der Waals surface area contributed by atoms with Gasteiger partial charge in [-0.25, -0.2) is 4.79 Å². The van der Waals surface area contributed by atoms with Crippen molar-refractivity contribution in [3.63, 3.8) is 0 Å². The average Bonchev–Trinajstić information content (AvgIpc) is 3.70. The van der Waals surface area contributed by atoms with E-state index in [0.717, 1.165) is 30.6 Å². The molecule has 0 bridgehead atoms. The maximum absolute atomic E-state index is 12.8. The zero-order valence-electron chi connectivity index (χ0n) is 20.7. The van der Waals surface area contributed by atoms with Crippen molar-refractivity contribution >= 4 is 12.0 Å². The Morgan fingerprint density at radius 3 is 2.67 bits per heavy atom. The van der Waals surface area contributed by atoms with Gasteiger partial charge >= 0.3 is 5.97 Å². The second-order valence-electron chi connectivity index (χ2n) is 10.5. The van der Waals surface area contributed by atoms with Crippen molar-refractivity contribution < 1.29 is 28.5 Å². The number of carbonyl (C=O) groups excluding carboxylic acids is 1. The Kier molecular flexibility index (Phi) is 6.90. The van der Waals surface area contributed by atoms with Crippen LogP contribution in [0.15, 0.2) is 30.3 Å². The molecule has 0 radical (unpaired) electrons. The Bertz CT molecular complexity index is 875. The van der Waals surface area contributed by atoms with Crippen LogP contribution in [0.3, 0.4) is 0 Å². The van der Waals surface area contributed by atoms with Crippen LogP contribution in [0.25, 0.3) is 6.08 Å². The summed E-state index contributed by atoms with van der Waals surface area (Å²) in [5.74, 6) is 1.16. The van der Waals surface area contributed by atoms with Crippen LogP contribution in [0.5, 0.6) is 5.75 Å². The number of hydrogen-bond acceptors (Lipinski definition) is 6. The molecule has 1 aromatic carbocycles. The highest BCUT2D eigenvalue weighted by molar-refractivity contribution is 5.87. The van der Waals surface area contributed by atoms with Crippen LogP contribution < -0.4 is 4.74 Å². The number of epoxide rings is 2. The molecule has 2 aliphatic heterocycles. The largest absolute Gasteiger partial charge is 0.497 e. The topological polar surface area (TPSA) is 69.8 Å². The Morgan fingerprint density at radius 1 is 1.27 bits per heavy atom. The molecule has 0 amide bonds. The number of ether oxygens (including phenoxy) is 5. The minimum absolute atomic E-state index is 0.0310. The maximum atomic E-state index is 12.8. The first-order valence-corrected chi connectivity index (χ1v) is 12.1. The van der Waals surface area contributed by atoms with Crippen LogP contribution in [0.2, 0.25) is 0 Å². The van der Waals surface area contributed by atoms with E-state index in [-0.39, 0.29) is 47.3 Å². The van der Waals surface area contributed by atoms with Crippen molar-refractivity contribution in [3.8, 4) is 5.75 Å². The molecule has 5 unspecified atom stereocenters. The predicted octanol–water partition coefficient (Wildman–Crippen LogP) is 4.65. The SMILES string of the molecule is COc1cccc(C=CC(=O)OC2C(C)CC3(CO3)C([C@@]3(C)O[C@@H]3CCC(C)C)C2OC)c1. The Labute approximate surface area is 197 Å². The fourth-order valence-electron chi connectivity index (χ4n) is 5.75. The third kappa shape index (κ3) is 4.98. The van der Waals surface area contributed by atoms with Crippen molar-refractivity contribution in [2.45, 2.75) is 76.5 Å². The van der Waals surface area contributed by atoms with E-state index < -0.39 is 0 Å². The molecule has 1 spiro atoms. The second kappa shape index (κ2) is 9.40. The predicted molar refractivity (Wildman–Crippen MR) is 126 cm³/mol. The summed E-state index contributed by atoms with van der Waals surface area (Å²) in [5, 5.41) is 0. The van der Waals surface area contributed by atoms with Gasteiger partial charge in [-0.05, 0) is 61.8 Å². The van der Waals surface area contributed by atoms with Gasteiger partial charge in [0.2, 0.25) is 0 Å². The maximum Gasteiger partial charge on any atom is 0.331 e. The molecular formula is C27H38O6. The van der Waals surface area contributed by atoms with Gasteiger partial charge in [0.15, 0.2) is 0 Å². The van der Waals surface area contributed by atoms with Crippen LogP contribution in [0.1, 0.15) is 52.5 Å². The van der Waals surface area contributed by atoms with Gasteiger partial charge in [-0.2, -0.15) is 0 Å². The van der Waals surface area contributed by atoms with E-state index >= 15 is 0 Å². The van der Waals surface area contributed by atoms with Crippen molar-refractivity contribution in [2.24, 2.45) is 17.8 Å². The summed E-state index contributed by atoms with van der Waals surface area (Å²) in [5.41, 5.74) is 0.329. The lowest BCUT2D eigenvalue weighted by Gasteiger charge is -2.45. The normalized spacial score (nSPS) is 37.5. The third-order valence-corrected chi connectivity index (χ3v) is 7.59. The molecule has 7 atom stereocenters. The Morgan fingerprint density at radius 2 is 2.03 bits per heavy atom. The van der Waals surface area contributed by atoms with Gasteiger partial charge < -0.3 is 23.7 Å². The van der Waals surface area contributed by atoms with E-state index in [1.807, 2.05) is 24.3 Å². The molecular weight excluding hydrogens is 420 g/mol. The molecule has 6 nitrogen and oxygen atoms in total. The van der Waals surface area contributed by atoms with Crippen LogP contribution in [0, 0.1) is 17.8 Å². The number of benzene rings is 1. The zero-order chi connectivity index (χ0) is 23.8. The standard InChI is InChI=1S/C27H38O6/c1-17(2)10-12-21-26(4,33-21)25-24(30-6)23(18(3)15-27(25)16-31-27)32-22(28)13-11-19-8-7-9-20(14-19)29-5/h7-9,11,13-14,17-18,21,23-25H,10,12,15-16H2,1-6H3/t18?,21-,23?,24?,25?,26+,27?/m1/s1. The van der Waals surface area contributed by atoms with Gasteiger partial charge in [-0.15, -0.1) is 0 Å². The van der Waals surface area contributed by atoms with E-state index in [0.29, 0.717) is 12.5 Å². The molecule has 3 fully saturated rings. The van der Waals surface area contributed by atoms with E-state index in [1.165, 1.54) is 6.08 Å². The van der Waals surface area contributed by atoms with Gasteiger partial charge in [0.1, 0.15) is 29.2 Å². The zero-order valence-corrected chi connectivity index (χ0v) is 20.7. The summed E-state index contributed by atoms with van der Waals surface area (Å²) in [6, 6.07) is 7.55. The van der Waals surface area contributed by atoms with E-state index in [4.69, 9.17) is 23.7 Å². The van der Waals surface area contributed by atoms with E-state index in [2.05, 4.69) is 27.7 Å². The van der Waals surface area contributed by atoms with Gasteiger partial charge in [0.25, 0.3) is 0 Å². The smallest absolute Gasteiger partial charge is 0.331 e. The molecule has 33 heavy (non-hydrogen) atoms.